The number of rotatable bonds is 6. The van der Waals surface area contributed by atoms with Gasteiger partial charge in [0.2, 0.25) is 11.7 Å². The van der Waals surface area contributed by atoms with E-state index >= 15 is 0 Å². The average molecular weight is 338 g/mol. The first-order valence-corrected chi connectivity index (χ1v) is 8.25. The third-order valence-electron chi connectivity index (χ3n) is 4.67. The van der Waals surface area contributed by atoms with Crippen LogP contribution in [0.5, 0.6) is 0 Å². The molecule has 1 aromatic rings. The standard InChI is InChI=1S/C15H26N6O3/c1-5-12(15(22)20-8-11(7-16)6-9(20)2)17-14-13(21(23)24)10(3)18-19(14)4/h9,11-12,17H,5-8,16H2,1-4H3. The molecule has 0 saturated carbocycles. The van der Waals surface area contributed by atoms with E-state index in [-0.39, 0.29) is 23.5 Å². The van der Waals surface area contributed by atoms with Crippen molar-refractivity contribution < 1.29 is 9.72 Å². The van der Waals surface area contributed by atoms with Crippen LogP contribution in [0.15, 0.2) is 0 Å². The molecule has 1 amide bonds. The average Bonchev–Trinajstić information content (AvgIpc) is 3.03. The van der Waals surface area contributed by atoms with Gasteiger partial charge in [-0.25, -0.2) is 4.68 Å². The molecule has 9 nitrogen and oxygen atoms in total. The van der Waals surface area contributed by atoms with Gasteiger partial charge in [0.25, 0.3) is 0 Å². The number of nitrogens with zero attached hydrogens (tertiary/aromatic N) is 4. The van der Waals surface area contributed by atoms with Crippen molar-refractivity contribution >= 4 is 17.4 Å². The first-order chi connectivity index (χ1) is 11.3. The van der Waals surface area contributed by atoms with E-state index in [9.17, 15) is 14.9 Å². The maximum absolute atomic E-state index is 12.9. The Morgan fingerprint density at radius 3 is 2.75 bits per heavy atom. The molecular formula is C15H26N6O3. The lowest BCUT2D eigenvalue weighted by molar-refractivity contribution is -0.384. The molecule has 3 unspecified atom stereocenters. The molecule has 3 N–H and O–H groups in total. The molecule has 1 saturated heterocycles. The highest BCUT2D eigenvalue weighted by atomic mass is 16.6. The smallest absolute Gasteiger partial charge is 0.333 e. The van der Waals surface area contributed by atoms with E-state index in [0.717, 1.165) is 6.42 Å². The van der Waals surface area contributed by atoms with Crippen LogP contribution in [0, 0.1) is 23.0 Å². The summed E-state index contributed by atoms with van der Waals surface area (Å²) >= 11 is 0. The van der Waals surface area contributed by atoms with Crippen LogP contribution < -0.4 is 11.1 Å². The van der Waals surface area contributed by atoms with Crippen LogP contribution >= 0.6 is 0 Å². The number of aryl methyl sites for hydroxylation is 2. The molecule has 0 aromatic carbocycles. The maximum atomic E-state index is 12.9. The van der Waals surface area contributed by atoms with Crippen LogP contribution in [0.1, 0.15) is 32.4 Å². The van der Waals surface area contributed by atoms with Gasteiger partial charge in [-0.1, -0.05) is 6.92 Å². The Morgan fingerprint density at radius 2 is 2.25 bits per heavy atom. The third-order valence-corrected chi connectivity index (χ3v) is 4.67. The van der Waals surface area contributed by atoms with Crippen molar-refractivity contribution in [1.29, 1.82) is 0 Å². The molecule has 0 spiro atoms. The fraction of sp³-hybridized carbons (Fsp3) is 0.733. The van der Waals surface area contributed by atoms with E-state index in [1.807, 2.05) is 18.7 Å². The van der Waals surface area contributed by atoms with Gasteiger partial charge < -0.3 is 16.0 Å². The predicted molar refractivity (Wildman–Crippen MR) is 90.6 cm³/mol. The van der Waals surface area contributed by atoms with Gasteiger partial charge in [-0.15, -0.1) is 0 Å². The monoisotopic (exact) mass is 338 g/mol. The first kappa shape index (κ1) is 18.2. The molecule has 134 valence electrons. The number of carbonyl (C=O) groups excluding carboxylic acids is 1. The van der Waals surface area contributed by atoms with Crippen LogP contribution in [-0.2, 0) is 11.8 Å². The number of likely N-dealkylation sites (tertiary alicyclic amines) is 1. The number of hydrogen-bond acceptors (Lipinski definition) is 6. The molecule has 9 heteroatoms. The molecule has 1 fully saturated rings. The lowest BCUT2D eigenvalue weighted by Gasteiger charge is -2.27. The van der Waals surface area contributed by atoms with E-state index in [2.05, 4.69) is 10.4 Å². The molecule has 3 atom stereocenters. The van der Waals surface area contributed by atoms with Crippen molar-refractivity contribution in [3.8, 4) is 0 Å². The Balaban J connectivity index is 2.21. The van der Waals surface area contributed by atoms with E-state index < -0.39 is 11.0 Å². The maximum Gasteiger partial charge on any atom is 0.333 e. The van der Waals surface area contributed by atoms with Gasteiger partial charge >= 0.3 is 5.69 Å². The fourth-order valence-electron chi connectivity index (χ4n) is 3.35. The minimum absolute atomic E-state index is 0.0471. The first-order valence-electron chi connectivity index (χ1n) is 8.25. The van der Waals surface area contributed by atoms with Crippen LogP contribution in [-0.4, -0.2) is 50.7 Å². The van der Waals surface area contributed by atoms with E-state index in [4.69, 9.17) is 5.73 Å². The minimum Gasteiger partial charge on any atom is -0.353 e. The highest BCUT2D eigenvalue weighted by Crippen LogP contribution is 2.29. The normalized spacial score (nSPS) is 21.8. The van der Waals surface area contributed by atoms with Crippen LogP contribution in [0.3, 0.4) is 0 Å². The SMILES string of the molecule is CCC(Nc1c([N+](=O)[O-])c(C)nn1C)C(=O)N1CC(CN)CC1C. The molecule has 24 heavy (non-hydrogen) atoms. The van der Waals surface area contributed by atoms with Gasteiger partial charge in [0.1, 0.15) is 11.7 Å². The summed E-state index contributed by atoms with van der Waals surface area (Å²) in [7, 11) is 1.63. The number of carbonyl (C=O) groups is 1. The largest absolute Gasteiger partial charge is 0.353 e. The number of hydrogen-bond donors (Lipinski definition) is 2. The molecular weight excluding hydrogens is 312 g/mol. The van der Waals surface area contributed by atoms with Gasteiger partial charge in [0.05, 0.1) is 4.92 Å². The number of anilines is 1. The highest BCUT2D eigenvalue weighted by Gasteiger charge is 2.36. The van der Waals surface area contributed by atoms with Gasteiger partial charge in [0.15, 0.2) is 0 Å². The van der Waals surface area contributed by atoms with Crippen molar-refractivity contribution in [3.05, 3.63) is 15.8 Å². The van der Waals surface area contributed by atoms with Crippen LogP contribution in [0.25, 0.3) is 0 Å². The predicted octanol–water partition coefficient (Wildman–Crippen LogP) is 1.02. The summed E-state index contributed by atoms with van der Waals surface area (Å²) in [6.07, 6.45) is 1.42. The van der Waals surface area contributed by atoms with Crippen LogP contribution in [0.4, 0.5) is 11.5 Å². The van der Waals surface area contributed by atoms with E-state index in [0.29, 0.717) is 31.1 Å². The summed E-state index contributed by atoms with van der Waals surface area (Å²) in [6.45, 7) is 6.68. The minimum atomic E-state index is -0.530. The summed E-state index contributed by atoms with van der Waals surface area (Å²) in [4.78, 5) is 25.5. The molecule has 0 aliphatic carbocycles. The zero-order valence-corrected chi connectivity index (χ0v) is 14.7. The molecule has 2 heterocycles. The number of amides is 1. The lowest BCUT2D eigenvalue weighted by atomic mass is 10.1. The Labute approximate surface area is 141 Å². The number of nitrogens with two attached hydrogens (primary N) is 1. The van der Waals surface area contributed by atoms with E-state index in [1.165, 1.54) is 4.68 Å². The second-order valence-electron chi connectivity index (χ2n) is 6.45. The van der Waals surface area contributed by atoms with Gasteiger partial charge in [-0.05, 0) is 39.2 Å². The lowest BCUT2D eigenvalue weighted by Crippen LogP contribution is -2.44. The molecule has 1 aromatic heterocycles. The molecule has 0 radical (unpaired) electrons. The Bertz CT molecular complexity index is 629. The summed E-state index contributed by atoms with van der Waals surface area (Å²) in [5, 5.41) is 18.4. The van der Waals surface area contributed by atoms with Gasteiger partial charge in [0, 0.05) is 19.6 Å². The highest BCUT2D eigenvalue weighted by molar-refractivity contribution is 5.85. The summed E-state index contributed by atoms with van der Waals surface area (Å²) < 4.78 is 1.42. The fourth-order valence-corrected chi connectivity index (χ4v) is 3.35. The van der Waals surface area contributed by atoms with Crippen molar-refractivity contribution in [1.82, 2.24) is 14.7 Å². The molecule has 1 aliphatic rings. The van der Waals surface area contributed by atoms with Crippen LogP contribution in [0.2, 0.25) is 0 Å². The second kappa shape index (κ2) is 7.16. The third kappa shape index (κ3) is 3.35. The van der Waals surface area contributed by atoms with E-state index in [1.54, 1.807) is 14.0 Å². The van der Waals surface area contributed by atoms with Gasteiger partial charge in [-0.2, -0.15) is 5.10 Å². The Kier molecular flexibility index (Phi) is 5.43. The molecule has 1 aliphatic heterocycles. The number of nitro groups is 1. The van der Waals surface area contributed by atoms with Crippen molar-refractivity contribution in [3.63, 3.8) is 0 Å². The quantitative estimate of drug-likeness (QED) is 0.590. The van der Waals surface area contributed by atoms with Gasteiger partial charge in [-0.3, -0.25) is 14.9 Å². The Hall–Kier alpha value is -2.16. The summed E-state index contributed by atoms with van der Waals surface area (Å²) in [6, 6.07) is -0.400. The summed E-state index contributed by atoms with van der Waals surface area (Å²) in [5.41, 5.74) is 5.97. The Morgan fingerprint density at radius 1 is 1.58 bits per heavy atom. The number of nitrogens with one attached hydrogen (secondary N) is 1. The zero-order chi connectivity index (χ0) is 18.0. The summed E-state index contributed by atoms with van der Waals surface area (Å²) in [5.74, 6) is 0.531. The zero-order valence-electron chi connectivity index (χ0n) is 14.7. The van der Waals surface area contributed by atoms with Crippen molar-refractivity contribution in [2.75, 3.05) is 18.4 Å². The van der Waals surface area contributed by atoms with Crippen molar-refractivity contribution in [2.24, 2.45) is 18.7 Å². The molecule has 2 rings (SSSR count). The second-order valence-corrected chi connectivity index (χ2v) is 6.45. The number of aromatic nitrogens is 2. The van der Waals surface area contributed by atoms with Crippen molar-refractivity contribution in [2.45, 2.75) is 45.7 Å². The molecule has 0 bridgehead atoms. The topological polar surface area (TPSA) is 119 Å².